The summed E-state index contributed by atoms with van der Waals surface area (Å²) in [6, 6.07) is 5.69. The van der Waals surface area contributed by atoms with Gasteiger partial charge in [-0.1, -0.05) is 22.0 Å². The molecule has 5 heteroatoms. The van der Waals surface area contributed by atoms with Crippen LogP contribution >= 0.6 is 15.9 Å². The second-order valence-corrected chi connectivity index (χ2v) is 8.40. The number of hydrogen-bond acceptors (Lipinski definition) is 2. The molecule has 0 spiro atoms. The molecular weight excluding hydrogens is 338 g/mol. The Labute approximate surface area is 129 Å². The minimum atomic E-state index is -3.31. The van der Waals surface area contributed by atoms with E-state index in [4.69, 9.17) is 0 Å². The smallest absolute Gasteiger partial charge is 0.207 e. The fourth-order valence-corrected chi connectivity index (χ4v) is 5.36. The van der Waals surface area contributed by atoms with Gasteiger partial charge in [0.05, 0.1) is 4.90 Å². The molecule has 0 saturated carbocycles. The first-order valence-electron chi connectivity index (χ1n) is 7.29. The minimum Gasteiger partial charge on any atom is -0.207 e. The lowest BCUT2D eigenvalue weighted by Gasteiger charge is -2.31. The van der Waals surface area contributed by atoms with Crippen molar-refractivity contribution in [3.63, 3.8) is 0 Å². The van der Waals surface area contributed by atoms with Crippen molar-refractivity contribution in [3.05, 3.63) is 29.3 Å². The van der Waals surface area contributed by atoms with E-state index in [9.17, 15) is 8.42 Å². The molecule has 20 heavy (non-hydrogen) atoms. The van der Waals surface area contributed by atoms with Crippen LogP contribution in [0.1, 0.15) is 30.4 Å². The quantitative estimate of drug-likeness (QED) is 0.779. The van der Waals surface area contributed by atoms with Crippen LogP contribution in [0.25, 0.3) is 0 Å². The van der Waals surface area contributed by atoms with Crippen LogP contribution in [0.5, 0.6) is 0 Å². The maximum atomic E-state index is 12.8. The van der Waals surface area contributed by atoms with Crippen molar-refractivity contribution >= 4 is 26.0 Å². The number of aryl methyl sites for hydroxylation is 2. The molecule has 3 rings (SSSR count). The lowest BCUT2D eigenvalue weighted by Crippen LogP contribution is -2.40. The van der Waals surface area contributed by atoms with Crippen LogP contribution in [0, 0.1) is 5.92 Å². The third-order valence-electron chi connectivity index (χ3n) is 4.41. The van der Waals surface area contributed by atoms with Crippen LogP contribution in [0.15, 0.2) is 23.1 Å². The highest BCUT2D eigenvalue weighted by Gasteiger charge is 2.30. The van der Waals surface area contributed by atoms with E-state index >= 15 is 0 Å². The van der Waals surface area contributed by atoms with Crippen LogP contribution in [0.3, 0.4) is 0 Å². The van der Waals surface area contributed by atoms with Gasteiger partial charge >= 0.3 is 0 Å². The summed E-state index contributed by atoms with van der Waals surface area (Å²) in [5.74, 6) is 0.438. The normalized spacial score (nSPS) is 23.8. The van der Waals surface area contributed by atoms with Crippen LogP contribution in [-0.4, -0.2) is 31.1 Å². The Hall–Kier alpha value is -0.390. The van der Waals surface area contributed by atoms with Crippen molar-refractivity contribution < 1.29 is 8.42 Å². The van der Waals surface area contributed by atoms with Crippen molar-refractivity contribution in [3.8, 4) is 0 Å². The molecule has 0 radical (unpaired) electrons. The number of piperidine rings is 1. The van der Waals surface area contributed by atoms with E-state index in [1.807, 2.05) is 12.1 Å². The molecule has 1 aliphatic carbocycles. The Bertz CT molecular complexity index is 600. The largest absolute Gasteiger partial charge is 0.243 e. The standard InChI is InChI=1S/C15H20BrNO2S/c16-10-12-3-2-8-17(11-12)20(18,19)15-7-6-13-4-1-5-14(13)9-15/h6-7,9,12H,1-5,8,10-11H2. The van der Waals surface area contributed by atoms with Gasteiger partial charge in [0.15, 0.2) is 0 Å². The van der Waals surface area contributed by atoms with E-state index in [2.05, 4.69) is 15.9 Å². The number of fused-ring (bicyclic) bond motifs is 1. The van der Waals surface area contributed by atoms with Gasteiger partial charge in [-0.3, -0.25) is 0 Å². The van der Waals surface area contributed by atoms with Gasteiger partial charge in [-0.25, -0.2) is 8.42 Å². The number of hydrogen-bond donors (Lipinski definition) is 0. The molecular formula is C15H20BrNO2S. The van der Waals surface area contributed by atoms with E-state index in [0.717, 1.165) is 37.4 Å². The first kappa shape index (κ1) is 14.5. The zero-order valence-corrected chi connectivity index (χ0v) is 13.9. The Morgan fingerprint density at radius 2 is 2.00 bits per heavy atom. The molecule has 0 bridgehead atoms. The second-order valence-electron chi connectivity index (χ2n) is 5.81. The van der Waals surface area contributed by atoms with Crippen LogP contribution in [-0.2, 0) is 22.9 Å². The summed E-state index contributed by atoms with van der Waals surface area (Å²) in [5, 5.41) is 0.878. The molecule has 1 fully saturated rings. The van der Waals surface area contributed by atoms with Gasteiger partial charge in [-0.15, -0.1) is 0 Å². The monoisotopic (exact) mass is 357 g/mol. The van der Waals surface area contributed by atoms with Crippen LogP contribution < -0.4 is 0 Å². The minimum absolute atomic E-state index is 0.438. The van der Waals surface area contributed by atoms with Gasteiger partial charge in [0.2, 0.25) is 10.0 Å². The average Bonchev–Trinajstić information content (AvgIpc) is 2.94. The highest BCUT2D eigenvalue weighted by Crippen LogP contribution is 2.28. The Kier molecular flexibility index (Phi) is 4.20. The summed E-state index contributed by atoms with van der Waals surface area (Å²) in [4.78, 5) is 0.480. The summed E-state index contributed by atoms with van der Waals surface area (Å²) >= 11 is 3.48. The molecule has 1 heterocycles. The topological polar surface area (TPSA) is 37.4 Å². The number of alkyl halides is 1. The molecule has 1 unspecified atom stereocenters. The van der Waals surface area contributed by atoms with Crippen molar-refractivity contribution in [2.45, 2.75) is 37.0 Å². The SMILES string of the molecule is O=S(=O)(c1ccc2c(c1)CCC2)N1CCCC(CBr)C1. The van der Waals surface area contributed by atoms with Gasteiger partial charge in [-0.2, -0.15) is 4.31 Å². The zero-order chi connectivity index (χ0) is 14.2. The van der Waals surface area contributed by atoms with Crippen molar-refractivity contribution in [2.24, 2.45) is 5.92 Å². The predicted octanol–water partition coefficient (Wildman–Crippen LogP) is 2.97. The first-order chi connectivity index (χ1) is 9.61. The number of sulfonamides is 1. The van der Waals surface area contributed by atoms with Gasteiger partial charge in [0, 0.05) is 18.4 Å². The van der Waals surface area contributed by atoms with Crippen molar-refractivity contribution in [1.29, 1.82) is 0 Å². The molecule has 1 saturated heterocycles. The highest BCUT2D eigenvalue weighted by atomic mass is 79.9. The third kappa shape index (κ3) is 2.68. The Balaban J connectivity index is 1.87. The second kappa shape index (κ2) is 5.78. The Morgan fingerprint density at radius 3 is 2.80 bits per heavy atom. The maximum absolute atomic E-state index is 12.8. The zero-order valence-electron chi connectivity index (χ0n) is 11.5. The summed E-state index contributed by atoms with van der Waals surface area (Å²) < 4.78 is 27.2. The van der Waals surface area contributed by atoms with E-state index in [0.29, 0.717) is 23.9 Å². The lowest BCUT2D eigenvalue weighted by molar-refractivity contribution is 0.285. The third-order valence-corrected chi connectivity index (χ3v) is 7.18. The molecule has 3 nitrogen and oxygen atoms in total. The predicted molar refractivity (Wildman–Crippen MR) is 83.7 cm³/mol. The molecule has 2 aliphatic rings. The lowest BCUT2D eigenvalue weighted by atomic mass is 10.0. The fourth-order valence-electron chi connectivity index (χ4n) is 3.23. The van der Waals surface area contributed by atoms with Crippen molar-refractivity contribution in [1.82, 2.24) is 4.31 Å². The molecule has 1 atom stereocenters. The molecule has 0 N–H and O–H groups in total. The van der Waals surface area contributed by atoms with E-state index in [1.54, 1.807) is 10.4 Å². The van der Waals surface area contributed by atoms with E-state index in [-0.39, 0.29) is 0 Å². The molecule has 1 aromatic rings. The number of rotatable bonds is 3. The molecule has 0 amide bonds. The molecule has 1 aliphatic heterocycles. The fraction of sp³-hybridized carbons (Fsp3) is 0.600. The van der Waals surface area contributed by atoms with Crippen LogP contribution in [0.2, 0.25) is 0 Å². The summed E-state index contributed by atoms with van der Waals surface area (Å²) in [5.41, 5.74) is 2.54. The maximum Gasteiger partial charge on any atom is 0.243 e. The number of halogens is 1. The number of nitrogens with zero attached hydrogens (tertiary/aromatic N) is 1. The van der Waals surface area contributed by atoms with Gasteiger partial charge in [0.1, 0.15) is 0 Å². The molecule has 1 aromatic carbocycles. The molecule has 110 valence electrons. The van der Waals surface area contributed by atoms with Gasteiger partial charge in [0.25, 0.3) is 0 Å². The summed E-state index contributed by atoms with van der Waals surface area (Å²) in [6.45, 7) is 1.30. The van der Waals surface area contributed by atoms with Gasteiger partial charge < -0.3 is 0 Å². The number of benzene rings is 1. The van der Waals surface area contributed by atoms with E-state index < -0.39 is 10.0 Å². The van der Waals surface area contributed by atoms with Crippen molar-refractivity contribution in [2.75, 3.05) is 18.4 Å². The first-order valence-corrected chi connectivity index (χ1v) is 9.85. The van der Waals surface area contributed by atoms with Gasteiger partial charge in [-0.05, 0) is 61.3 Å². The van der Waals surface area contributed by atoms with E-state index in [1.165, 1.54) is 11.1 Å². The summed E-state index contributed by atoms with van der Waals surface area (Å²) in [7, 11) is -3.31. The average molecular weight is 358 g/mol. The van der Waals surface area contributed by atoms with Crippen LogP contribution in [0.4, 0.5) is 0 Å². The highest BCUT2D eigenvalue weighted by molar-refractivity contribution is 9.09. The Morgan fingerprint density at radius 1 is 1.20 bits per heavy atom. The summed E-state index contributed by atoms with van der Waals surface area (Å²) in [6.07, 6.45) is 5.32. The molecule has 0 aromatic heterocycles.